The number of methoxy groups -OCH3 is 3. The van der Waals surface area contributed by atoms with Gasteiger partial charge in [-0.15, -0.1) is 5.10 Å². The average Bonchev–Trinajstić information content (AvgIpc) is 3.26. The van der Waals surface area contributed by atoms with Gasteiger partial charge in [-0.25, -0.2) is 4.68 Å². The Kier molecular flexibility index (Phi) is 5.05. The van der Waals surface area contributed by atoms with Gasteiger partial charge in [-0.3, -0.25) is 4.79 Å². The van der Waals surface area contributed by atoms with Crippen molar-refractivity contribution in [3.63, 3.8) is 0 Å². The van der Waals surface area contributed by atoms with Gasteiger partial charge in [-0.05, 0) is 37.1 Å². The average molecular weight is 432 g/mol. The van der Waals surface area contributed by atoms with E-state index in [0.29, 0.717) is 35.3 Å². The highest BCUT2D eigenvalue weighted by Gasteiger charge is 2.38. The maximum absolute atomic E-state index is 13.1. The highest BCUT2D eigenvalue weighted by Crippen LogP contribution is 2.44. The number of allylic oxidation sites excluding steroid dienone is 2. The smallest absolute Gasteiger partial charge is 0.226 e. The number of hydrogen-bond acceptors (Lipinski definition) is 7. The normalized spacial score (nSPS) is 17.3. The number of carbonyl (C=O) groups is 1. The molecule has 5 rings (SSSR count). The molecule has 8 nitrogen and oxygen atoms in total. The van der Waals surface area contributed by atoms with Crippen molar-refractivity contribution in [3.8, 4) is 28.6 Å². The lowest BCUT2D eigenvalue weighted by Crippen LogP contribution is -2.31. The second-order valence-corrected chi connectivity index (χ2v) is 7.74. The van der Waals surface area contributed by atoms with Crippen LogP contribution in [0.25, 0.3) is 11.4 Å². The number of rotatable bonds is 5. The SMILES string of the molecule is COc1cccc(-c2nc3n(n2)C(c2ccc(OC)cc2OC)C2=C(CCCC2=O)N3)c1. The highest BCUT2D eigenvalue weighted by molar-refractivity contribution is 5.99. The minimum atomic E-state index is -0.443. The van der Waals surface area contributed by atoms with E-state index in [1.54, 1.807) is 26.0 Å². The first kappa shape index (κ1) is 20.1. The van der Waals surface area contributed by atoms with Gasteiger partial charge in [0.15, 0.2) is 11.6 Å². The molecule has 2 heterocycles. The van der Waals surface area contributed by atoms with Crippen molar-refractivity contribution in [1.29, 1.82) is 0 Å². The summed E-state index contributed by atoms with van der Waals surface area (Å²) < 4.78 is 18.2. The van der Waals surface area contributed by atoms with E-state index in [1.165, 1.54) is 0 Å². The number of benzene rings is 2. The minimum absolute atomic E-state index is 0.116. The number of carbonyl (C=O) groups excluding carboxylic acids is 1. The lowest BCUT2D eigenvalue weighted by Gasteiger charge is -2.32. The number of hydrogen-bond donors (Lipinski definition) is 1. The molecule has 1 N–H and O–H groups in total. The number of ether oxygens (including phenoxy) is 3. The molecule has 32 heavy (non-hydrogen) atoms. The van der Waals surface area contributed by atoms with Gasteiger partial charge in [0.25, 0.3) is 0 Å². The monoisotopic (exact) mass is 432 g/mol. The Morgan fingerprint density at radius 1 is 1.00 bits per heavy atom. The van der Waals surface area contributed by atoms with Gasteiger partial charge in [-0.2, -0.15) is 4.98 Å². The van der Waals surface area contributed by atoms with E-state index in [0.717, 1.165) is 35.4 Å². The first-order chi connectivity index (χ1) is 15.6. The predicted octanol–water partition coefficient (Wildman–Crippen LogP) is 3.99. The summed E-state index contributed by atoms with van der Waals surface area (Å²) in [7, 11) is 4.85. The van der Waals surface area contributed by atoms with Crippen LogP contribution in [0.1, 0.15) is 30.9 Å². The van der Waals surface area contributed by atoms with Crippen LogP contribution in [0.15, 0.2) is 53.7 Å². The van der Waals surface area contributed by atoms with E-state index in [1.807, 2.05) is 42.5 Å². The molecule has 0 bridgehead atoms. The number of ketones is 1. The summed E-state index contributed by atoms with van der Waals surface area (Å²) in [6.07, 6.45) is 2.12. The molecule has 1 aromatic heterocycles. The summed E-state index contributed by atoms with van der Waals surface area (Å²) in [4.78, 5) is 17.8. The molecule has 1 unspecified atom stereocenters. The maximum atomic E-state index is 13.1. The van der Waals surface area contributed by atoms with Gasteiger partial charge >= 0.3 is 0 Å². The molecule has 0 fully saturated rings. The van der Waals surface area contributed by atoms with E-state index in [2.05, 4.69) is 5.32 Å². The largest absolute Gasteiger partial charge is 0.497 e. The van der Waals surface area contributed by atoms with Gasteiger partial charge < -0.3 is 19.5 Å². The molecular formula is C24H24N4O4. The van der Waals surface area contributed by atoms with Crippen molar-refractivity contribution in [2.45, 2.75) is 25.3 Å². The number of aromatic nitrogens is 3. The second kappa shape index (κ2) is 8.03. The Balaban J connectivity index is 1.69. The van der Waals surface area contributed by atoms with Crippen molar-refractivity contribution in [2.24, 2.45) is 0 Å². The predicted molar refractivity (Wildman–Crippen MR) is 119 cm³/mol. The standard InChI is InChI=1S/C24H24N4O4/c1-30-15-7-4-6-14(12-15)23-26-24-25-18-8-5-9-19(29)21(18)22(28(24)27-23)17-11-10-16(31-2)13-20(17)32-3/h4,6-7,10-13,22H,5,8-9H2,1-3H3,(H,25,26,27). The molecule has 2 aliphatic rings. The topological polar surface area (TPSA) is 87.5 Å². The third kappa shape index (κ3) is 3.28. The number of nitrogens with zero attached hydrogens (tertiary/aromatic N) is 3. The zero-order valence-corrected chi connectivity index (χ0v) is 18.2. The van der Waals surface area contributed by atoms with E-state index in [9.17, 15) is 4.79 Å². The second-order valence-electron chi connectivity index (χ2n) is 7.74. The summed E-state index contributed by atoms with van der Waals surface area (Å²) in [5.41, 5.74) is 3.29. The van der Waals surface area contributed by atoms with Crippen LogP contribution in [-0.2, 0) is 4.79 Å². The number of fused-ring (bicyclic) bond motifs is 1. The highest BCUT2D eigenvalue weighted by atomic mass is 16.5. The summed E-state index contributed by atoms with van der Waals surface area (Å²) in [6.45, 7) is 0. The van der Waals surface area contributed by atoms with Crippen molar-refractivity contribution in [3.05, 3.63) is 59.3 Å². The first-order valence-corrected chi connectivity index (χ1v) is 10.5. The third-order valence-corrected chi connectivity index (χ3v) is 5.93. The zero-order chi connectivity index (χ0) is 22.2. The summed E-state index contributed by atoms with van der Waals surface area (Å²) >= 11 is 0. The number of anilines is 1. The molecule has 1 atom stereocenters. The fraction of sp³-hybridized carbons (Fsp3) is 0.292. The van der Waals surface area contributed by atoms with Gasteiger partial charge in [0, 0.05) is 34.9 Å². The van der Waals surface area contributed by atoms with Gasteiger partial charge in [0.1, 0.15) is 23.3 Å². The van der Waals surface area contributed by atoms with E-state index >= 15 is 0 Å². The van der Waals surface area contributed by atoms with Crippen molar-refractivity contribution < 1.29 is 19.0 Å². The van der Waals surface area contributed by atoms with Gasteiger partial charge in [-0.1, -0.05) is 12.1 Å². The number of Topliss-reactive ketones (excluding diaryl/α,β-unsaturated/α-hetero) is 1. The Morgan fingerprint density at radius 3 is 2.59 bits per heavy atom. The van der Waals surface area contributed by atoms with Crippen LogP contribution in [0.5, 0.6) is 17.2 Å². The minimum Gasteiger partial charge on any atom is -0.497 e. The van der Waals surface area contributed by atoms with Crippen LogP contribution in [0.2, 0.25) is 0 Å². The Bertz CT molecular complexity index is 1230. The van der Waals surface area contributed by atoms with Crippen LogP contribution in [0.4, 0.5) is 5.95 Å². The first-order valence-electron chi connectivity index (χ1n) is 10.5. The fourth-order valence-corrected chi connectivity index (χ4v) is 4.37. The van der Waals surface area contributed by atoms with Gasteiger partial charge in [0.05, 0.1) is 21.3 Å². The lowest BCUT2D eigenvalue weighted by molar-refractivity contribution is -0.116. The maximum Gasteiger partial charge on any atom is 0.226 e. The number of nitrogens with one attached hydrogen (secondary N) is 1. The lowest BCUT2D eigenvalue weighted by atomic mass is 9.85. The molecule has 3 aromatic rings. The van der Waals surface area contributed by atoms with Crippen LogP contribution in [0, 0.1) is 0 Å². The van der Waals surface area contributed by atoms with Gasteiger partial charge in [0.2, 0.25) is 5.95 Å². The molecule has 2 aromatic carbocycles. The molecule has 164 valence electrons. The molecular weight excluding hydrogens is 408 g/mol. The molecule has 0 spiro atoms. The van der Waals surface area contributed by atoms with Crippen LogP contribution in [-0.4, -0.2) is 41.9 Å². The third-order valence-electron chi connectivity index (χ3n) is 5.93. The molecule has 0 saturated heterocycles. The Hall–Kier alpha value is -3.81. The van der Waals surface area contributed by atoms with E-state index in [4.69, 9.17) is 24.3 Å². The van der Waals surface area contributed by atoms with Crippen LogP contribution < -0.4 is 19.5 Å². The van der Waals surface area contributed by atoms with Crippen molar-refractivity contribution in [1.82, 2.24) is 14.8 Å². The molecule has 0 amide bonds. The Labute approximate surface area is 185 Å². The summed E-state index contributed by atoms with van der Waals surface area (Å²) in [5, 5.41) is 8.17. The Morgan fingerprint density at radius 2 is 1.81 bits per heavy atom. The zero-order valence-electron chi connectivity index (χ0n) is 18.2. The molecule has 8 heteroatoms. The van der Waals surface area contributed by atoms with Crippen molar-refractivity contribution >= 4 is 11.7 Å². The molecule has 0 radical (unpaired) electrons. The molecule has 0 saturated carbocycles. The van der Waals surface area contributed by atoms with Crippen LogP contribution >= 0.6 is 0 Å². The van der Waals surface area contributed by atoms with E-state index in [-0.39, 0.29) is 5.78 Å². The molecule has 1 aliphatic heterocycles. The van der Waals surface area contributed by atoms with Crippen LogP contribution in [0.3, 0.4) is 0 Å². The fourth-order valence-electron chi connectivity index (χ4n) is 4.37. The van der Waals surface area contributed by atoms with Crippen molar-refractivity contribution in [2.75, 3.05) is 26.6 Å². The quantitative estimate of drug-likeness (QED) is 0.652. The van der Waals surface area contributed by atoms with E-state index < -0.39 is 6.04 Å². The molecule has 1 aliphatic carbocycles. The summed E-state index contributed by atoms with van der Waals surface area (Å²) in [6, 6.07) is 12.8. The summed E-state index contributed by atoms with van der Waals surface area (Å²) in [5.74, 6) is 3.30.